The van der Waals surface area contributed by atoms with Crippen LogP contribution in [0, 0.1) is 0 Å². The SMILES string of the molecule is C=C(C)CC/C=C(\C)CCC(=O)C([Se]c1ccccc1)C(=O)N(CC)CC. The van der Waals surface area contributed by atoms with Crippen LogP contribution in [0.15, 0.2) is 54.1 Å². The second-order valence-electron chi connectivity index (χ2n) is 6.83. The van der Waals surface area contributed by atoms with Crippen LogP contribution in [0.4, 0.5) is 0 Å². The van der Waals surface area contributed by atoms with Crippen molar-refractivity contribution in [2.24, 2.45) is 0 Å². The molecular weight excluding hydrogens is 401 g/mol. The molecular formula is C23H33NO2Se. The van der Waals surface area contributed by atoms with Crippen molar-refractivity contribution >= 4 is 31.1 Å². The van der Waals surface area contributed by atoms with E-state index in [-0.39, 0.29) is 26.6 Å². The molecule has 1 rings (SSSR count). The fraction of sp³-hybridized carbons (Fsp3) is 0.478. The van der Waals surface area contributed by atoms with Crippen molar-refractivity contribution in [2.45, 2.75) is 58.2 Å². The van der Waals surface area contributed by atoms with Crippen LogP contribution in [0.2, 0.25) is 4.82 Å². The third-order valence-electron chi connectivity index (χ3n) is 4.42. The molecule has 27 heavy (non-hydrogen) atoms. The first-order valence-electron chi connectivity index (χ1n) is 9.72. The van der Waals surface area contributed by atoms with Crippen molar-refractivity contribution < 1.29 is 9.59 Å². The van der Waals surface area contributed by atoms with Gasteiger partial charge >= 0.3 is 171 Å². The average Bonchev–Trinajstić information content (AvgIpc) is 2.65. The first-order valence-corrected chi connectivity index (χ1v) is 11.6. The van der Waals surface area contributed by atoms with Gasteiger partial charge in [0.25, 0.3) is 0 Å². The molecule has 0 heterocycles. The number of ketones is 1. The van der Waals surface area contributed by atoms with Crippen LogP contribution in [0.1, 0.15) is 53.4 Å². The summed E-state index contributed by atoms with van der Waals surface area (Å²) in [5.74, 6) is 0.0566. The molecule has 1 aromatic carbocycles. The van der Waals surface area contributed by atoms with Gasteiger partial charge in [-0.15, -0.1) is 0 Å². The van der Waals surface area contributed by atoms with Crippen molar-refractivity contribution in [1.82, 2.24) is 4.90 Å². The van der Waals surface area contributed by atoms with Gasteiger partial charge in [0.05, 0.1) is 0 Å². The molecule has 1 unspecified atom stereocenters. The molecule has 0 aliphatic carbocycles. The fourth-order valence-electron chi connectivity index (χ4n) is 2.71. The molecule has 0 aliphatic rings. The Bertz CT molecular complexity index is 648. The van der Waals surface area contributed by atoms with E-state index >= 15 is 0 Å². The Labute approximate surface area is 171 Å². The summed E-state index contributed by atoms with van der Waals surface area (Å²) in [4.78, 5) is 27.1. The second-order valence-corrected chi connectivity index (χ2v) is 9.31. The zero-order valence-electron chi connectivity index (χ0n) is 17.2. The predicted molar refractivity (Wildman–Crippen MR) is 116 cm³/mol. The standard InChI is InChI=1S/C23H33NO2Se/c1-6-24(7-2)23(26)22(27-20-14-9-8-10-15-20)21(25)17-16-19(5)13-11-12-18(3)4/h8-10,13-15,22H,3,6-7,11-12,16-17H2,1-2,4-5H3/b19-13+. The van der Waals surface area contributed by atoms with E-state index in [1.165, 1.54) is 11.1 Å². The first-order chi connectivity index (χ1) is 12.9. The van der Waals surface area contributed by atoms with Gasteiger partial charge in [-0.3, -0.25) is 0 Å². The van der Waals surface area contributed by atoms with Gasteiger partial charge in [-0.2, -0.15) is 0 Å². The van der Waals surface area contributed by atoms with E-state index in [1.807, 2.05) is 51.1 Å². The van der Waals surface area contributed by atoms with Gasteiger partial charge in [0.1, 0.15) is 0 Å². The minimum atomic E-state index is -0.525. The monoisotopic (exact) mass is 435 g/mol. The number of nitrogens with zero attached hydrogens (tertiary/aromatic N) is 1. The summed E-state index contributed by atoms with van der Waals surface area (Å²) in [5, 5.41) is 0. The maximum atomic E-state index is 12.9. The number of allylic oxidation sites excluding steroid dienone is 3. The van der Waals surface area contributed by atoms with Crippen molar-refractivity contribution in [3.8, 4) is 0 Å². The van der Waals surface area contributed by atoms with E-state index in [9.17, 15) is 9.59 Å². The summed E-state index contributed by atoms with van der Waals surface area (Å²) in [6.07, 6.45) is 5.28. The molecule has 0 fully saturated rings. The van der Waals surface area contributed by atoms with Gasteiger partial charge in [0.15, 0.2) is 0 Å². The molecule has 0 aliphatic heterocycles. The molecule has 148 valence electrons. The predicted octanol–water partition coefficient (Wildman–Crippen LogP) is 4.32. The molecule has 0 aromatic heterocycles. The van der Waals surface area contributed by atoms with Crippen molar-refractivity contribution in [2.75, 3.05) is 13.1 Å². The van der Waals surface area contributed by atoms with Gasteiger partial charge < -0.3 is 0 Å². The summed E-state index contributed by atoms with van der Waals surface area (Å²) in [6.45, 7) is 13.2. The number of hydrogen-bond acceptors (Lipinski definition) is 2. The molecule has 0 N–H and O–H groups in total. The molecule has 0 saturated heterocycles. The van der Waals surface area contributed by atoms with Crippen molar-refractivity contribution in [3.63, 3.8) is 0 Å². The van der Waals surface area contributed by atoms with E-state index in [4.69, 9.17) is 0 Å². The summed E-state index contributed by atoms with van der Waals surface area (Å²) >= 11 is -0.185. The molecule has 1 atom stereocenters. The molecule has 0 radical (unpaired) electrons. The molecule has 0 bridgehead atoms. The molecule has 0 spiro atoms. The van der Waals surface area contributed by atoms with E-state index in [0.717, 1.165) is 23.7 Å². The van der Waals surface area contributed by atoms with Crippen LogP contribution >= 0.6 is 0 Å². The van der Waals surface area contributed by atoms with Crippen LogP contribution in [-0.4, -0.2) is 44.6 Å². The quantitative estimate of drug-likeness (QED) is 0.279. The van der Waals surface area contributed by atoms with E-state index in [1.54, 1.807) is 4.90 Å². The molecule has 0 saturated carbocycles. The Balaban J connectivity index is 2.80. The number of rotatable bonds is 12. The molecule has 4 heteroatoms. The van der Waals surface area contributed by atoms with E-state index in [2.05, 4.69) is 19.6 Å². The fourth-order valence-corrected chi connectivity index (χ4v) is 4.99. The Morgan fingerprint density at radius 2 is 1.70 bits per heavy atom. The number of carbonyl (C=O) groups excluding carboxylic acids is 2. The number of carbonyl (C=O) groups is 2. The number of hydrogen-bond donors (Lipinski definition) is 0. The number of benzene rings is 1. The minimum absolute atomic E-state index is 0.0160. The Morgan fingerprint density at radius 1 is 1.07 bits per heavy atom. The third-order valence-corrected chi connectivity index (χ3v) is 7.03. The van der Waals surface area contributed by atoms with Crippen LogP contribution < -0.4 is 4.46 Å². The molecule has 1 amide bonds. The zero-order chi connectivity index (χ0) is 20.2. The van der Waals surface area contributed by atoms with Gasteiger partial charge in [-0.1, -0.05) is 0 Å². The van der Waals surface area contributed by atoms with Gasteiger partial charge in [-0.05, 0) is 0 Å². The number of Topliss-reactive ketones (excluding diaryl/α,β-unsaturated/α-hetero) is 1. The topological polar surface area (TPSA) is 37.4 Å². The first kappa shape index (κ1) is 23.4. The van der Waals surface area contributed by atoms with Gasteiger partial charge in [0, 0.05) is 0 Å². The molecule has 1 aromatic rings. The molecule has 3 nitrogen and oxygen atoms in total. The normalized spacial score (nSPS) is 12.5. The van der Waals surface area contributed by atoms with E-state index < -0.39 is 4.82 Å². The average molecular weight is 434 g/mol. The van der Waals surface area contributed by atoms with Crippen LogP contribution in [0.5, 0.6) is 0 Å². The van der Waals surface area contributed by atoms with Gasteiger partial charge in [0.2, 0.25) is 0 Å². The Kier molecular flexibility index (Phi) is 11.0. The summed E-state index contributed by atoms with van der Waals surface area (Å²) in [7, 11) is 0. The Morgan fingerprint density at radius 3 is 2.26 bits per heavy atom. The summed E-state index contributed by atoms with van der Waals surface area (Å²) < 4.78 is 1.09. The van der Waals surface area contributed by atoms with Crippen LogP contribution in [0.25, 0.3) is 0 Å². The van der Waals surface area contributed by atoms with Gasteiger partial charge in [-0.25, -0.2) is 0 Å². The number of amides is 1. The van der Waals surface area contributed by atoms with Crippen LogP contribution in [-0.2, 0) is 9.59 Å². The van der Waals surface area contributed by atoms with Crippen molar-refractivity contribution in [1.29, 1.82) is 0 Å². The maximum absolute atomic E-state index is 12.9. The third kappa shape index (κ3) is 8.73. The second kappa shape index (κ2) is 12.7. The zero-order valence-corrected chi connectivity index (χ0v) is 18.9. The Hall–Kier alpha value is -1.64. The summed E-state index contributed by atoms with van der Waals surface area (Å²) in [6, 6.07) is 9.92. The van der Waals surface area contributed by atoms with Crippen molar-refractivity contribution in [3.05, 3.63) is 54.1 Å². The summed E-state index contributed by atoms with van der Waals surface area (Å²) in [5.41, 5.74) is 2.39. The van der Waals surface area contributed by atoms with E-state index in [0.29, 0.717) is 19.5 Å². The van der Waals surface area contributed by atoms with Crippen LogP contribution in [0.3, 0.4) is 0 Å².